The number of nitrogens with zero attached hydrogens (tertiary/aromatic N) is 2. The van der Waals surface area contributed by atoms with Crippen molar-refractivity contribution >= 4 is 38.2 Å². The number of hydrogen-bond acceptors (Lipinski definition) is 3. The van der Waals surface area contributed by atoms with Gasteiger partial charge in [0.25, 0.3) is 10.0 Å². The van der Waals surface area contributed by atoms with Crippen molar-refractivity contribution in [3.05, 3.63) is 53.7 Å². The summed E-state index contributed by atoms with van der Waals surface area (Å²) in [6, 6.07) is 11.5. The second-order valence-electron chi connectivity index (χ2n) is 4.80. The standard InChI is InChI=1S/C15H14ClN3O2S/c1-2-19-15-7-6-13(8-11(15)10-17-19)18-22(20,21)14-5-3-4-12(16)9-14/h3-10,18H,2H2,1H3. The number of aromatic nitrogens is 2. The Kier molecular flexibility index (Phi) is 3.80. The second-order valence-corrected chi connectivity index (χ2v) is 6.92. The summed E-state index contributed by atoms with van der Waals surface area (Å²) in [6.07, 6.45) is 1.72. The first-order valence-electron chi connectivity index (χ1n) is 6.73. The summed E-state index contributed by atoms with van der Waals surface area (Å²) in [4.78, 5) is 0.129. The first-order valence-corrected chi connectivity index (χ1v) is 8.59. The molecule has 1 aromatic heterocycles. The number of anilines is 1. The molecule has 2 aromatic carbocycles. The molecule has 0 amide bonds. The van der Waals surface area contributed by atoms with Gasteiger partial charge in [0.15, 0.2) is 0 Å². The SMILES string of the molecule is CCn1ncc2cc(NS(=O)(=O)c3cccc(Cl)c3)ccc21. The van der Waals surface area contributed by atoms with Gasteiger partial charge in [0, 0.05) is 22.6 Å². The molecule has 0 atom stereocenters. The van der Waals surface area contributed by atoms with E-state index in [1.807, 2.05) is 17.7 Å². The van der Waals surface area contributed by atoms with Gasteiger partial charge >= 0.3 is 0 Å². The van der Waals surface area contributed by atoms with Crippen LogP contribution in [0.15, 0.2) is 53.6 Å². The van der Waals surface area contributed by atoms with Gasteiger partial charge in [-0.25, -0.2) is 8.42 Å². The first kappa shape index (κ1) is 14.9. The number of sulfonamides is 1. The number of fused-ring (bicyclic) bond motifs is 1. The Morgan fingerprint density at radius 1 is 1.23 bits per heavy atom. The number of benzene rings is 2. The van der Waals surface area contributed by atoms with E-state index in [1.165, 1.54) is 12.1 Å². The molecule has 7 heteroatoms. The molecule has 3 aromatic rings. The van der Waals surface area contributed by atoms with E-state index in [4.69, 9.17) is 11.6 Å². The molecular weight excluding hydrogens is 322 g/mol. The molecule has 0 saturated heterocycles. The summed E-state index contributed by atoms with van der Waals surface area (Å²) < 4.78 is 29.1. The number of hydrogen-bond donors (Lipinski definition) is 1. The molecule has 114 valence electrons. The Balaban J connectivity index is 1.95. The lowest BCUT2D eigenvalue weighted by atomic mass is 10.2. The molecule has 0 saturated carbocycles. The average molecular weight is 336 g/mol. The maximum Gasteiger partial charge on any atom is 0.261 e. The van der Waals surface area contributed by atoms with Crippen LogP contribution in [0.4, 0.5) is 5.69 Å². The quantitative estimate of drug-likeness (QED) is 0.793. The highest BCUT2D eigenvalue weighted by atomic mass is 35.5. The Morgan fingerprint density at radius 3 is 2.77 bits per heavy atom. The van der Waals surface area contributed by atoms with E-state index < -0.39 is 10.0 Å². The first-order chi connectivity index (χ1) is 10.5. The Labute approximate surface area is 133 Å². The summed E-state index contributed by atoms with van der Waals surface area (Å²) in [6.45, 7) is 2.76. The number of halogens is 1. The number of nitrogens with one attached hydrogen (secondary N) is 1. The molecule has 1 heterocycles. The van der Waals surface area contributed by atoms with E-state index in [1.54, 1.807) is 30.5 Å². The molecule has 0 spiro atoms. The topological polar surface area (TPSA) is 64.0 Å². The van der Waals surface area contributed by atoms with Gasteiger partial charge in [0.05, 0.1) is 16.6 Å². The van der Waals surface area contributed by atoms with Gasteiger partial charge in [0.2, 0.25) is 0 Å². The number of aryl methyl sites for hydroxylation is 1. The third kappa shape index (κ3) is 2.80. The van der Waals surface area contributed by atoms with Crippen LogP contribution in [0.5, 0.6) is 0 Å². The molecule has 0 aliphatic heterocycles. The lowest BCUT2D eigenvalue weighted by Gasteiger charge is -2.08. The van der Waals surface area contributed by atoms with Crippen LogP contribution in [0.25, 0.3) is 10.9 Å². The van der Waals surface area contributed by atoms with Gasteiger partial charge in [0.1, 0.15) is 0 Å². The zero-order chi connectivity index (χ0) is 15.7. The van der Waals surface area contributed by atoms with Crippen LogP contribution in [0.2, 0.25) is 5.02 Å². The normalized spacial score (nSPS) is 11.7. The van der Waals surface area contributed by atoms with E-state index in [0.717, 1.165) is 17.4 Å². The van der Waals surface area contributed by atoms with Crippen LogP contribution < -0.4 is 4.72 Å². The number of rotatable bonds is 4. The van der Waals surface area contributed by atoms with Gasteiger partial charge in [-0.3, -0.25) is 9.40 Å². The molecule has 22 heavy (non-hydrogen) atoms. The van der Waals surface area contributed by atoms with Crippen molar-refractivity contribution in [3.63, 3.8) is 0 Å². The van der Waals surface area contributed by atoms with Gasteiger partial charge in [-0.2, -0.15) is 5.10 Å². The molecule has 0 fully saturated rings. The van der Waals surface area contributed by atoms with Crippen LogP contribution in [-0.4, -0.2) is 18.2 Å². The van der Waals surface area contributed by atoms with Crippen LogP contribution in [0.3, 0.4) is 0 Å². The molecule has 5 nitrogen and oxygen atoms in total. The van der Waals surface area contributed by atoms with Crippen molar-refractivity contribution in [1.82, 2.24) is 9.78 Å². The van der Waals surface area contributed by atoms with Gasteiger partial charge < -0.3 is 0 Å². The summed E-state index contributed by atoms with van der Waals surface area (Å²) in [5, 5.41) is 5.50. The van der Waals surface area contributed by atoms with Crippen molar-refractivity contribution in [1.29, 1.82) is 0 Å². The fraction of sp³-hybridized carbons (Fsp3) is 0.133. The fourth-order valence-electron chi connectivity index (χ4n) is 2.25. The molecule has 3 rings (SSSR count). The van der Waals surface area contributed by atoms with E-state index in [0.29, 0.717) is 10.7 Å². The van der Waals surface area contributed by atoms with Crippen LogP contribution in [0.1, 0.15) is 6.92 Å². The maximum absolute atomic E-state index is 12.4. The summed E-state index contributed by atoms with van der Waals surface area (Å²) in [5.74, 6) is 0. The van der Waals surface area contributed by atoms with E-state index >= 15 is 0 Å². The summed E-state index contributed by atoms with van der Waals surface area (Å²) >= 11 is 5.85. The minimum Gasteiger partial charge on any atom is -0.280 e. The van der Waals surface area contributed by atoms with Crippen molar-refractivity contribution < 1.29 is 8.42 Å². The molecule has 1 N–H and O–H groups in total. The van der Waals surface area contributed by atoms with Crippen LogP contribution >= 0.6 is 11.6 Å². The largest absolute Gasteiger partial charge is 0.280 e. The van der Waals surface area contributed by atoms with E-state index in [9.17, 15) is 8.42 Å². The van der Waals surface area contributed by atoms with E-state index in [2.05, 4.69) is 9.82 Å². The molecule has 0 aliphatic carbocycles. The predicted molar refractivity (Wildman–Crippen MR) is 87.7 cm³/mol. The Morgan fingerprint density at radius 2 is 2.05 bits per heavy atom. The summed E-state index contributed by atoms with van der Waals surface area (Å²) in [7, 11) is -3.66. The minimum atomic E-state index is -3.66. The average Bonchev–Trinajstić information content (AvgIpc) is 2.89. The van der Waals surface area contributed by atoms with Crippen LogP contribution in [-0.2, 0) is 16.6 Å². The van der Waals surface area contributed by atoms with Crippen molar-refractivity contribution in [3.8, 4) is 0 Å². The van der Waals surface area contributed by atoms with E-state index in [-0.39, 0.29) is 4.90 Å². The second kappa shape index (κ2) is 5.62. The maximum atomic E-state index is 12.4. The lowest BCUT2D eigenvalue weighted by Crippen LogP contribution is -2.12. The zero-order valence-corrected chi connectivity index (χ0v) is 13.4. The molecule has 0 bridgehead atoms. The Hall–Kier alpha value is -2.05. The van der Waals surface area contributed by atoms with Gasteiger partial charge in [-0.1, -0.05) is 17.7 Å². The monoisotopic (exact) mass is 335 g/mol. The molecule has 0 aliphatic rings. The smallest absolute Gasteiger partial charge is 0.261 e. The third-order valence-electron chi connectivity index (χ3n) is 3.30. The predicted octanol–water partition coefficient (Wildman–Crippen LogP) is 3.51. The fourth-order valence-corrected chi connectivity index (χ4v) is 3.60. The van der Waals surface area contributed by atoms with Crippen molar-refractivity contribution in [2.24, 2.45) is 0 Å². The van der Waals surface area contributed by atoms with Crippen molar-refractivity contribution in [2.45, 2.75) is 18.4 Å². The molecular formula is C15H14ClN3O2S. The van der Waals surface area contributed by atoms with Crippen LogP contribution in [0, 0.1) is 0 Å². The highest BCUT2D eigenvalue weighted by Gasteiger charge is 2.15. The molecule has 0 unspecified atom stereocenters. The van der Waals surface area contributed by atoms with Gasteiger partial charge in [-0.15, -0.1) is 0 Å². The highest BCUT2D eigenvalue weighted by Crippen LogP contribution is 2.23. The Bertz CT molecular complexity index is 935. The summed E-state index contributed by atoms with van der Waals surface area (Å²) in [5.41, 5.74) is 1.45. The van der Waals surface area contributed by atoms with Gasteiger partial charge in [-0.05, 0) is 43.3 Å². The molecule has 0 radical (unpaired) electrons. The highest BCUT2D eigenvalue weighted by molar-refractivity contribution is 7.92. The minimum absolute atomic E-state index is 0.129. The third-order valence-corrected chi connectivity index (χ3v) is 4.91. The zero-order valence-electron chi connectivity index (χ0n) is 11.8. The lowest BCUT2D eigenvalue weighted by molar-refractivity contribution is 0.601. The van der Waals surface area contributed by atoms with Crippen molar-refractivity contribution in [2.75, 3.05) is 4.72 Å².